The Morgan fingerprint density at radius 3 is 2.69 bits per heavy atom. The van der Waals surface area contributed by atoms with Crippen molar-refractivity contribution in [3.05, 3.63) is 16.1 Å². The van der Waals surface area contributed by atoms with Gasteiger partial charge in [-0.05, 0) is 6.92 Å². The minimum atomic E-state index is -2.78. The molecule has 0 radical (unpaired) electrons. The molecule has 1 unspecified atom stereocenters. The third-order valence-corrected chi connectivity index (χ3v) is 2.67. The number of halogens is 2. The molecule has 0 aliphatic carbocycles. The molecule has 5 heteroatoms. The molecule has 74 valence electrons. The van der Waals surface area contributed by atoms with Gasteiger partial charge < -0.3 is 5.73 Å². The van der Waals surface area contributed by atoms with Gasteiger partial charge in [0.05, 0.1) is 9.88 Å². The number of rotatable bonds is 3. The average molecular weight is 206 g/mol. The summed E-state index contributed by atoms with van der Waals surface area (Å²) in [4.78, 5) is 3.88. The monoisotopic (exact) mass is 206 g/mol. The number of hydrogen-bond donors (Lipinski definition) is 1. The minimum Gasteiger partial charge on any atom is -0.328 e. The molecule has 1 aromatic rings. The predicted octanol–water partition coefficient (Wildman–Crippen LogP) is 2.14. The second-order valence-corrected chi connectivity index (χ2v) is 4.30. The molecule has 1 aromatic heterocycles. The zero-order valence-electron chi connectivity index (χ0n) is 7.55. The Labute approximate surface area is 79.8 Å². The summed E-state index contributed by atoms with van der Waals surface area (Å²) in [5.41, 5.74) is 5.52. The summed E-state index contributed by atoms with van der Waals surface area (Å²) in [5.74, 6) is -2.78. The number of alkyl halides is 2. The fourth-order valence-electron chi connectivity index (χ4n) is 0.883. The Morgan fingerprint density at radius 2 is 2.31 bits per heavy atom. The van der Waals surface area contributed by atoms with Crippen molar-refractivity contribution in [3.8, 4) is 0 Å². The van der Waals surface area contributed by atoms with Crippen LogP contribution in [0.15, 0.2) is 6.20 Å². The van der Waals surface area contributed by atoms with E-state index in [9.17, 15) is 8.78 Å². The van der Waals surface area contributed by atoms with Crippen LogP contribution < -0.4 is 5.73 Å². The van der Waals surface area contributed by atoms with Gasteiger partial charge in [-0.3, -0.25) is 0 Å². The molecule has 0 spiro atoms. The molecule has 0 fully saturated rings. The van der Waals surface area contributed by atoms with Gasteiger partial charge in [0.25, 0.3) is 5.92 Å². The molecule has 0 amide bonds. The summed E-state index contributed by atoms with van der Waals surface area (Å²) in [7, 11) is 0. The van der Waals surface area contributed by atoms with E-state index in [0.717, 1.165) is 18.3 Å². The van der Waals surface area contributed by atoms with Crippen LogP contribution in [-0.4, -0.2) is 11.0 Å². The molecule has 1 atom stereocenters. The maximum atomic E-state index is 12.7. The van der Waals surface area contributed by atoms with Gasteiger partial charge in [0, 0.05) is 25.6 Å². The van der Waals surface area contributed by atoms with Gasteiger partial charge >= 0.3 is 0 Å². The van der Waals surface area contributed by atoms with E-state index in [1.807, 2.05) is 6.92 Å². The van der Waals surface area contributed by atoms with E-state index >= 15 is 0 Å². The van der Waals surface area contributed by atoms with Gasteiger partial charge in [-0.25, -0.2) is 13.8 Å². The van der Waals surface area contributed by atoms with E-state index < -0.39 is 5.92 Å². The molecule has 0 saturated carbocycles. The fourth-order valence-corrected chi connectivity index (χ4v) is 1.87. The highest BCUT2D eigenvalue weighted by atomic mass is 32.1. The first-order chi connectivity index (χ1) is 5.89. The molecular formula is C8H12F2N2S. The van der Waals surface area contributed by atoms with Gasteiger partial charge in [-0.2, -0.15) is 0 Å². The summed E-state index contributed by atoms with van der Waals surface area (Å²) in [6.07, 6.45) is 1.78. The molecule has 0 aliphatic rings. The van der Waals surface area contributed by atoms with Gasteiger partial charge in [0.1, 0.15) is 0 Å². The smallest absolute Gasteiger partial charge is 0.281 e. The third-order valence-electron chi connectivity index (χ3n) is 1.48. The predicted molar refractivity (Wildman–Crippen MR) is 49.0 cm³/mol. The minimum absolute atomic E-state index is 0.00292. The summed E-state index contributed by atoms with van der Waals surface area (Å²) < 4.78 is 25.5. The van der Waals surface area contributed by atoms with E-state index in [-0.39, 0.29) is 10.9 Å². The van der Waals surface area contributed by atoms with Crippen molar-refractivity contribution in [2.75, 3.05) is 0 Å². The standard InChI is InChI=1S/C8H12F2N2S/c1-5(11)3-7-12-4-6(13-7)8(2,9)10/h4-5H,3,11H2,1-2H3. The lowest BCUT2D eigenvalue weighted by Gasteiger charge is -2.04. The summed E-state index contributed by atoms with van der Waals surface area (Å²) in [5, 5.41) is 0.673. The van der Waals surface area contributed by atoms with Gasteiger partial charge in [0.15, 0.2) is 0 Å². The lowest BCUT2D eigenvalue weighted by molar-refractivity contribution is 0.0213. The Morgan fingerprint density at radius 1 is 1.69 bits per heavy atom. The molecule has 0 saturated heterocycles. The van der Waals surface area contributed by atoms with E-state index in [1.54, 1.807) is 0 Å². The van der Waals surface area contributed by atoms with Crippen molar-refractivity contribution < 1.29 is 8.78 Å². The highest BCUT2D eigenvalue weighted by Crippen LogP contribution is 2.31. The lowest BCUT2D eigenvalue weighted by atomic mass is 10.3. The molecule has 2 N–H and O–H groups in total. The number of hydrogen-bond acceptors (Lipinski definition) is 3. The molecule has 1 heterocycles. The summed E-state index contributed by atoms with van der Waals surface area (Å²) >= 11 is 1.03. The number of thiazole rings is 1. The van der Waals surface area contributed by atoms with Crippen molar-refractivity contribution in [1.29, 1.82) is 0 Å². The molecule has 0 aliphatic heterocycles. The first-order valence-corrected chi connectivity index (χ1v) is 4.80. The maximum Gasteiger partial charge on any atom is 0.281 e. The van der Waals surface area contributed by atoms with Crippen molar-refractivity contribution in [3.63, 3.8) is 0 Å². The maximum absolute atomic E-state index is 12.7. The Hall–Kier alpha value is -0.550. The second-order valence-electron chi connectivity index (χ2n) is 3.19. The van der Waals surface area contributed by atoms with Crippen molar-refractivity contribution in [1.82, 2.24) is 4.98 Å². The normalized spacial score (nSPS) is 14.5. The van der Waals surface area contributed by atoms with E-state index in [0.29, 0.717) is 11.4 Å². The topological polar surface area (TPSA) is 38.9 Å². The van der Waals surface area contributed by atoms with Crippen LogP contribution in [-0.2, 0) is 12.3 Å². The lowest BCUT2D eigenvalue weighted by Crippen LogP contribution is -2.17. The van der Waals surface area contributed by atoms with Crippen LogP contribution in [0.25, 0.3) is 0 Å². The van der Waals surface area contributed by atoms with Crippen LogP contribution in [0.4, 0.5) is 8.78 Å². The first kappa shape index (κ1) is 10.5. The molecule has 0 bridgehead atoms. The van der Waals surface area contributed by atoms with Crippen LogP contribution in [0.1, 0.15) is 23.7 Å². The molecular weight excluding hydrogens is 194 g/mol. The Balaban J connectivity index is 2.75. The molecule has 0 aromatic carbocycles. The molecule has 2 nitrogen and oxygen atoms in total. The molecule has 1 rings (SSSR count). The van der Waals surface area contributed by atoms with E-state index in [1.165, 1.54) is 6.20 Å². The Bertz CT molecular complexity index is 278. The van der Waals surface area contributed by atoms with Crippen LogP contribution in [0.5, 0.6) is 0 Å². The van der Waals surface area contributed by atoms with E-state index in [4.69, 9.17) is 5.73 Å². The summed E-state index contributed by atoms with van der Waals surface area (Å²) in [6.45, 7) is 2.70. The third kappa shape index (κ3) is 3.00. The molecule has 13 heavy (non-hydrogen) atoms. The van der Waals surface area contributed by atoms with Gasteiger partial charge in [-0.15, -0.1) is 11.3 Å². The largest absolute Gasteiger partial charge is 0.328 e. The quantitative estimate of drug-likeness (QED) is 0.823. The number of nitrogens with zero attached hydrogens (tertiary/aromatic N) is 1. The van der Waals surface area contributed by atoms with Crippen LogP contribution in [0.2, 0.25) is 0 Å². The van der Waals surface area contributed by atoms with Crippen molar-refractivity contribution in [2.24, 2.45) is 5.73 Å². The highest BCUT2D eigenvalue weighted by molar-refractivity contribution is 7.11. The number of nitrogens with two attached hydrogens (primary N) is 1. The second kappa shape index (κ2) is 3.67. The average Bonchev–Trinajstić information content (AvgIpc) is 2.32. The van der Waals surface area contributed by atoms with Crippen molar-refractivity contribution >= 4 is 11.3 Å². The Kier molecular flexibility index (Phi) is 2.98. The van der Waals surface area contributed by atoms with Gasteiger partial charge in [-0.1, -0.05) is 0 Å². The van der Waals surface area contributed by atoms with E-state index in [2.05, 4.69) is 4.98 Å². The summed E-state index contributed by atoms with van der Waals surface area (Å²) in [6, 6.07) is -0.0375. The fraction of sp³-hybridized carbons (Fsp3) is 0.625. The van der Waals surface area contributed by atoms with Crippen molar-refractivity contribution in [2.45, 2.75) is 32.2 Å². The zero-order chi connectivity index (χ0) is 10.1. The SMILES string of the molecule is CC(N)Cc1ncc(C(C)(F)F)s1. The first-order valence-electron chi connectivity index (χ1n) is 3.98. The van der Waals surface area contributed by atoms with Gasteiger partial charge in [0.2, 0.25) is 0 Å². The number of aromatic nitrogens is 1. The zero-order valence-corrected chi connectivity index (χ0v) is 8.37. The highest BCUT2D eigenvalue weighted by Gasteiger charge is 2.27. The van der Waals surface area contributed by atoms with Crippen LogP contribution in [0.3, 0.4) is 0 Å². The van der Waals surface area contributed by atoms with Crippen LogP contribution >= 0.6 is 11.3 Å². The van der Waals surface area contributed by atoms with Crippen LogP contribution in [0, 0.1) is 0 Å².